The van der Waals surface area contributed by atoms with Crippen molar-refractivity contribution in [3.05, 3.63) is 46.5 Å². The first kappa shape index (κ1) is 12.1. The molecule has 0 amide bonds. The van der Waals surface area contributed by atoms with Gasteiger partial charge in [-0.05, 0) is 18.2 Å². The second-order valence-electron chi connectivity index (χ2n) is 4.33. The Balaban J connectivity index is 2.23. The van der Waals surface area contributed by atoms with Crippen molar-refractivity contribution < 1.29 is 9.90 Å². The van der Waals surface area contributed by atoms with Crippen molar-refractivity contribution in [2.75, 3.05) is 0 Å². The molecule has 3 rings (SSSR count). The van der Waals surface area contributed by atoms with Crippen LogP contribution in [-0.4, -0.2) is 30.9 Å². The normalized spacial score (nSPS) is 10.8. The quantitative estimate of drug-likeness (QED) is 0.677. The van der Waals surface area contributed by atoms with Crippen molar-refractivity contribution >= 4 is 16.7 Å². The van der Waals surface area contributed by atoms with E-state index in [1.807, 2.05) is 0 Å². The zero-order chi connectivity index (χ0) is 14.3. The number of nitrogens with one attached hydrogen (secondary N) is 1. The Morgan fingerprint density at radius 1 is 1.40 bits per heavy atom. The van der Waals surface area contributed by atoms with Gasteiger partial charge in [0.2, 0.25) is 0 Å². The number of fused-ring (bicyclic) bond motifs is 1. The van der Waals surface area contributed by atoms with Gasteiger partial charge in [-0.3, -0.25) is 14.7 Å². The summed E-state index contributed by atoms with van der Waals surface area (Å²) in [5.74, 6) is -1.01. The fraction of sp³-hybridized carbons (Fsp3) is 0.0769. The number of aromatic hydroxyl groups is 1. The lowest BCUT2D eigenvalue weighted by atomic mass is 10.2. The molecule has 7 nitrogen and oxygen atoms in total. The van der Waals surface area contributed by atoms with E-state index in [1.54, 1.807) is 24.4 Å². The number of hydrogen-bond acceptors (Lipinski definition) is 5. The van der Waals surface area contributed by atoms with E-state index in [9.17, 15) is 14.7 Å². The van der Waals surface area contributed by atoms with E-state index in [0.717, 1.165) is 10.9 Å². The highest BCUT2D eigenvalue weighted by Gasteiger charge is 2.13. The lowest BCUT2D eigenvalue weighted by molar-refractivity contribution is 0.100. The van der Waals surface area contributed by atoms with Crippen molar-refractivity contribution in [3.8, 4) is 11.4 Å². The highest BCUT2D eigenvalue weighted by Crippen LogP contribution is 2.16. The van der Waals surface area contributed by atoms with Crippen molar-refractivity contribution in [1.82, 2.24) is 20.0 Å². The SMILES string of the molecule is CC(=O)c1nn(-c2ccc3[nH]ncc3c2)cc(O)c1=O. The van der Waals surface area contributed by atoms with Gasteiger partial charge in [0.15, 0.2) is 17.2 Å². The van der Waals surface area contributed by atoms with Crippen molar-refractivity contribution in [2.45, 2.75) is 6.92 Å². The molecule has 3 aromatic rings. The van der Waals surface area contributed by atoms with Crippen LogP contribution in [0.4, 0.5) is 0 Å². The summed E-state index contributed by atoms with van der Waals surface area (Å²) < 4.78 is 1.29. The Kier molecular flexibility index (Phi) is 2.60. The molecular formula is C13H10N4O3. The maximum atomic E-state index is 11.6. The van der Waals surface area contributed by atoms with Gasteiger partial charge in [-0.15, -0.1) is 0 Å². The van der Waals surface area contributed by atoms with Crippen LogP contribution in [0.3, 0.4) is 0 Å². The predicted molar refractivity (Wildman–Crippen MR) is 71.2 cm³/mol. The van der Waals surface area contributed by atoms with Crippen LogP contribution in [0.5, 0.6) is 5.75 Å². The maximum Gasteiger partial charge on any atom is 0.252 e. The third-order valence-electron chi connectivity index (χ3n) is 2.92. The van der Waals surface area contributed by atoms with Crippen LogP contribution >= 0.6 is 0 Å². The first-order valence-corrected chi connectivity index (χ1v) is 5.83. The van der Waals surface area contributed by atoms with Crippen LogP contribution in [0.2, 0.25) is 0 Å². The van der Waals surface area contributed by atoms with Crippen LogP contribution in [-0.2, 0) is 0 Å². The number of hydrogen-bond donors (Lipinski definition) is 2. The number of benzene rings is 1. The Labute approximate surface area is 112 Å². The predicted octanol–water partition coefficient (Wildman–Crippen LogP) is 1.02. The summed E-state index contributed by atoms with van der Waals surface area (Å²) in [6.45, 7) is 1.23. The fourth-order valence-electron chi connectivity index (χ4n) is 1.91. The molecule has 0 fully saturated rings. The first-order chi connectivity index (χ1) is 9.56. The summed E-state index contributed by atoms with van der Waals surface area (Å²) in [6, 6.07) is 5.31. The molecule has 0 unspecified atom stereocenters. The van der Waals surface area contributed by atoms with Gasteiger partial charge in [-0.2, -0.15) is 10.2 Å². The molecule has 0 atom stereocenters. The topological polar surface area (TPSA) is 101 Å². The molecular weight excluding hydrogens is 260 g/mol. The number of H-pyrrole nitrogens is 1. The van der Waals surface area contributed by atoms with E-state index >= 15 is 0 Å². The number of aromatic nitrogens is 4. The smallest absolute Gasteiger partial charge is 0.252 e. The highest BCUT2D eigenvalue weighted by molar-refractivity contribution is 5.92. The summed E-state index contributed by atoms with van der Waals surface area (Å²) in [5.41, 5.74) is 0.401. The van der Waals surface area contributed by atoms with Gasteiger partial charge in [0, 0.05) is 12.3 Å². The van der Waals surface area contributed by atoms with Crippen LogP contribution in [0.1, 0.15) is 17.4 Å². The van der Waals surface area contributed by atoms with Gasteiger partial charge in [0.05, 0.1) is 23.6 Å². The number of carbonyl (C=O) groups is 1. The van der Waals surface area contributed by atoms with Gasteiger partial charge in [0.1, 0.15) is 0 Å². The van der Waals surface area contributed by atoms with E-state index < -0.39 is 17.0 Å². The molecule has 2 aromatic heterocycles. The maximum absolute atomic E-state index is 11.6. The second kappa shape index (κ2) is 4.30. The average Bonchev–Trinajstić information content (AvgIpc) is 2.88. The molecule has 0 saturated carbocycles. The van der Waals surface area contributed by atoms with Crippen LogP contribution < -0.4 is 5.43 Å². The fourth-order valence-corrected chi connectivity index (χ4v) is 1.91. The van der Waals surface area contributed by atoms with E-state index in [1.165, 1.54) is 17.8 Å². The molecule has 0 saturated heterocycles. The molecule has 0 aliphatic carbocycles. The minimum atomic E-state index is -0.766. The lowest BCUT2D eigenvalue weighted by Gasteiger charge is -2.07. The molecule has 0 aliphatic rings. The molecule has 0 spiro atoms. The van der Waals surface area contributed by atoms with Gasteiger partial charge < -0.3 is 5.11 Å². The van der Waals surface area contributed by atoms with Crippen molar-refractivity contribution in [2.24, 2.45) is 0 Å². The number of nitrogens with zero attached hydrogens (tertiary/aromatic N) is 3. The average molecular weight is 270 g/mol. The molecule has 2 heterocycles. The Hall–Kier alpha value is -2.96. The summed E-state index contributed by atoms with van der Waals surface area (Å²) in [7, 11) is 0. The van der Waals surface area contributed by atoms with E-state index in [0.29, 0.717) is 5.69 Å². The second-order valence-corrected chi connectivity index (χ2v) is 4.33. The number of Topliss-reactive ketones (excluding diaryl/α,β-unsaturated/α-hetero) is 1. The third kappa shape index (κ3) is 1.85. The third-order valence-corrected chi connectivity index (χ3v) is 2.92. The van der Waals surface area contributed by atoms with Crippen molar-refractivity contribution in [1.29, 1.82) is 0 Å². The Morgan fingerprint density at radius 3 is 2.95 bits per heavy atom. The number of aromatic amines is 1. The molecule has 2 N–H and O–H groups in total. The molecule has 0 radical (unpaired) electrons. The van der Waals surface area contributed by atoms with Gasteiger partial charge in [-0.25, -0.2) is 4.68 Å². The van der Waals surface area contributed by atoms with Crippen LogP contribution in [0.25, 0.3) is 16.6 Å². The Morgan fingerprint density at radius 2 is 2.20 bits per heavy atom. The minimum absolute atomic E-state index is 0.294. The van der Waals surface area contributed by atoms with Gasteiger partial charge in [-0.1, -0.05) is 0 Å². The van der Waals surface area contributed by atoms with Crippen LogP contribution in [0.15, 0.2) is 35.4 Å². The largest absolute Gasteiger partial charge is 0.503 e. The van der Waals surface area contributed by atoms with Crippen molar-refractivity contribution in [3.63, 3.8) is 0 Å². The summed E-state index contributed by atoms with van der Waals surface area (Å²) >= 11 is 0. The van der Waals surface area contributed by atoms with E-state index in [2.05, 4.69) is 15.3 Å². The monoisotopic (exact) mass is 270 g/mol. The number of rotatable bonds is 2. The molecule has 1 aromatic carbocycles. The first-order valence-electron chi connectivity index (χ1n) is 5.83. The lowest BCUT2D eigenvalue weighted by Crippen LogP contribution is -2.19. The number of carbonyl (C=O) groups excluding carboxylic acids is 1. The summed E-state index contributed by atoms with van der Waals surface area (Å²) in [4.78, 5) is 23.0. The summed E-state index contributed by atoms with van der Waals surface area (Å²) in [5, 5.41) is 21.2. The molecule has 20 heavy (non-hydrogen) atoms. The van der Waals surface area contributed by atoms with Crippen LogP contribution in [0, 0.1) is 0 Å². The molecule has 0 aliphatic heterocycles. The molecule has 0 bridgehead atoms. The number of ketones is 1. The Bertz CT molecular complexity index is 879. The van der Waals surface area contributed by atoms with Gasteiger partial charge >= 0.3 is 0 Å². The zero-order valence-corrected chi connectivity index (χ0v) is 10.5. The molecule has 100 valence electrons. The summed E-state index contributed by atoms with van der Waals surface area (Å²) in [6.07, 6.45) is 2.82. The van der Waals surface area contributed by atoms with E-state index in [4.69, 9.17) is 0 Å². The van der Waals surface area contributed by atoms with E-state index in [-0.39, 0.29) is 5.69 Å². The molecule has 7 heteroatoms. The zero-order valence-electron chi connectivity index (χ0n) is 10.5. The highest BCUT2D eigenvalue weighted by atomic mass is 16.3. The minimum Gasteiger partial charge on any atom is -0.503 e. The van der Waals surface area contributed by atoms with Gasteiger partial charge in [0.25, 0.3) is 5.43 Å². The standard InChI is InChI=1S/C13H10N4O3/c1-7(18)12-13(20)11(19)6-17(16-12)9-2-3-10-8(4-9)5-14-15-10/h2-6,19H,1H3,(H,14,15).